The number of benzene rings is 1. The molecular formula is C18H31IN4O3S. The maximum Gasteiger partial charge on any atom is 0.213 e. The molecule has 1 aromatic carbocycles. The van der Waals surface area contributed by atoms with Crippen LogP contribution in [0.15, 0.2) is 29.3 Å². The number of nitrogens with zero attached hydrogens (tertiary/aromatic N) is 2. The zero-order valence-electron chi connectivity index (χ0n) is 16.3. The summed E-state index contributed by atoms with van der Waals surface area (Å²) in [5.74, 6) is 1.81. The van der Waals surface area contributed by atoms with E-state index in [2.05, 4.69) is 21.7 Å². The summed E-state index contributed by atoms with van der Waals surface area (Å²) in [5, 5.41) is 6.46. The van der Waals surface area contributed by atoms with Crippen molar-refractivity contribution in [2.75, 3.05) is 39.0 Å². The van der Waals surface area contributed by atoms with Crippen molar-refractivity contribution in [2.24, 2.45) is 4.99 Å². The van der Waals surface area contributed by atoms with E-state index in [1.54, 1.807) is 14.0 Å². The fraction of sp³-hybridized carbons (Fsp3) is 0.611. The molecule has 0 saturated carbocycles. The van der Waals surface area contributed by atoms with Gasteiger partial charge in [0.15, 0.2) is 5.96 Å². The highest BCUT2D eigenvalue weighted by molar-refractivity contribution is 14.0. The Bertz CT molecular complexity index is 687. The summed E-state index contributed by atoms with van der Waals surface area (Å²) in [6, 6.07) is 8.08. The third kappa shape index (κ3) is 7.46. The highest BCUT2D eigenvalue weighted by Gasteiger charge is 2.22. The number of aliphatic imine (C=N–C) groups is 1. The maximum atomic E-state index is 11.7. The number of para-hydroxylation sites is 1. The fourth-order valence-corrected chi connectivity index (χ4v) is 3.61. The van der Waals surface area contributed by atoms with E-state index in [1.807, 2.05) is 25.1 Å². The molecule has 2 rings (SSSR count). The van der Waals surface area contributed by atoms with Gasteiger partial charge in [-0.1, -0.05) is 18.2 Å². The van der Waals surface area contributed by atoms with Gasteiger partial charge in [-0.15, -0.1) is 24.0 Å². The van der Waals surface area contributed by atoms with Crippen LogP contribution in [0.3, 0.4) is 0 Å². The third-order valence-corrected chi connectivity index (χ3v) is 6.15. The van der Waals surface area contributed by atoms with Gasteiger partial charge in [0, 0.05) is 33.1 Å². The van der Waals surface area contributed by atoms with Crippen molar-refractivity contribution in [2.45, 2.75) is 32.8 Å². The molecule has 0 aromatic heterocycles. The van der Waals surface area contributed by atoms with E-state index in [0.29, 0.717) is 26.1 Å². The molecule has 7 nitrogen and oxygen atoms in total. The number of rotatable bonds is 9. The lowest BCUT2D eigenvalue weighted by Crippen LogP contribution is -2.39. The topological polar surface area (TPSA) is 83.0 Å². The number of ether oxygens (including phenoxy) is 1. The van der Waals surface area contributed by atoms with Gasteiger partial charge < -0.3 is 15.4 Å². The molecule has 0 aliphatic carbocycles. The second-order valence-corrected chi connectivity index (χ2v) is 8.64. The molecular weight excluding hydrogens is 479 g/mol. The molecule has 1 atom stereocenters. The van der Waals surface area contributed by atoms with Crippen molar-refractivity contribution >= 4 is 40.0 Å². The molecule has 2 N–H and O–H groups in total. The molecule has 0 saturated heterocycles. The van der Waals surface area contributed by atoms with Gasteiger partial charge in [0.2, 0.25) is 10.0 Å². The van der Waals surface area contributed by atoms with Crippen molar-refractivity contribution < 1.29 is 13.2 Å². The number of halogens is 1. The first-order chi connectivity index (χ1) is 12.5. The van der Waals surface area contributed by atoms with Crippen molar-refractivity contribution in [3.8, 4) is 5.75 Å². The predicted molar refractivity (Wildman–Crippen MR) is 121 cm³/mol. The van der Waals surface area contributed by atoms with Gasteiger partial charge in [-0.25, -0.2) is 17.7 Å². The Labute approximate surface area is 180 Å². The van der Waals surface area contributed by atoms with Crippen LogP contribution in [0.5, 0.6) is 5.75 Å². The molecule has 1 heterocycles. The number of nitrogens with one attached hydrogen (secondary N) is 2. The summed E-state index contributed by atoms with van der Waals surface area (Å²) >= 11 is 0. The molecule has 0 fully saturated rings. The Balaban J connectivity index is 0.00000364. The average Bonchev–Trinajstić information content (AvgIpc) is 3.05. The summed E-state index contributed by atoms with van der Waals surface area (Å²) in [6.07, 6.45) is 1.65. The minimum absolute atomic E-state index is 0. The Morgan fingerprint density at radius 3 is 2.70 bits per heavy atom. The Kier molecular flexibility index (Phi) is 10.4. The zero-order valence-corrected chi connectivity index (χ0v) is 19.4. The lowest BCUT2D eigenvalue weighted by atomic mass is 10.1. The average molecular weight is 510 g/mol. The quantitative estimate of drug-likeness (QED) is 0.229. The molecule has 27 heavy (non-hydrogen) atoms. The molecule has 154 valence electrons. The van der Waals surface area contributed by atoms with Crippen molar-refractivity contribution in [1.82, 2.24) is 14.9 Å². The summed E-state index contributed by atoms with van der Waals surface area (Å²) in [6.45, 7) is 6.16. The first kappa shape index (κ1) is 24.0. The van der Waals surface area contributed by atoms with Gasteiger partial charge in [-0.2, -0.15) is 0 Å². The molecule has 1 aliphatic heterocycles. The van der Waals surface area contributed by atoms with E-state index >= 15 is 0 Å². The Hall–Kier alpha value is -1.07. The molecule has 9 heteroatoms. The van der Waals surface area contributed by atoms with Gasteiger partial charge in [0.05, 0.1) is 12.3 Å². The zero-order chi connectivity index (χ0) is 19.0. The number of sulfonamides is 1. The van der Waals surface area contributed by atoms with Crippen LogP contribution in [-0.4, -0.2) is 63.8 Å². The van der Waals surface area contributed by atoms with Crippen LogP contribution in [0.1, 0.15) is 25.8 Å². The molecule has 1 unspecified atom stereocenters. The SMILES string of the molecule is CCNC(=NCC1Cc2ccccc2O1)NCCCN(C)S(=O)(=O)CC.I. The van der Waals surface area contributed by atoms with E-state index in [9.17, 15) is 8.42 Å². The maximum absolute atomic E-state index is 11.7. The Morgan fingerprint density at radius 2 is 2.04 bits per heavy atom. The first-order valence-electron chi connectivity index (χ1n) is 9.17. The molecule has 0 radical (unpaired) electrons. The second kappa shape index (κ2) is 11.7. The summed E-state index contributed by atoms with van der Waals surface area (Å²) in [4.78, 5) is 4.60. The number of hydrogen-bond acceptors (Lipinski definition) is 4. The highest BCUT2D eigenvalue weighted by atomic mass is 127. The smallest absolute Gasteiger partial charge is 0.213 e. The lowest BCUT2D eigenvalue weighted by molar-refractivity contribution is 0.241. The highest BCUT2D eigenvalue weighted by Crippen LogP contribution is 2.28. The van der Waals surface area contributed by atoms with Crippen LogP contribution < -0.4 is 15.4 Å². The second-order valence-electron chi connectivity index (χ2n) is 6.27. The molecule has 1 aromatic rings. The van der Waals surface area contributed by atoms with Crippen molar-refractivity contribution in [3.63, 3.8) is 0 Å². The fourth-order valence-electron chi connectivity index (χ4n) is 2.76. The minimum atomic E-state index is -3.11. The molecule has 0 bridgehead atoms. The third-order valence-electron chi connectivity index (χ3n) is 4.29. The van der Waals surface area contributed by atoms with Gasteiger partial charge in [-0.3, -0.25) is 0 Å². The molecule has 0 amide bonds. The standard InChI is InChI=1S/C18H30N4O3S.HI/c1-4-19-18(20-11-8-12-22(3)26(23,24)5-2)21-14-16-13-15-9-6-7-10-17(15)25-16;/h6-7,9-10,16H,4-5,8,11-14H2,1-3H3,(H2,19,20,21);1H. The van der Waals surface area contributed by atoms with Crippen LogP contribution >= 0.6 is 24.0 Å². The van der Waals surface area contributed by atoms with Crippen LogP contribution in [0.25, 0.3) is 0 Å². The predicted octanol–water partition coefficient (Wildman–Crippen LogP) is 1.83. The largest absolute Gasteiger partial charge is 0.488 e. The normalized spacial score (nSPS) is 16.4. The van der Waals surface area contributed by atoms with Crippen molar-refractivity contribution in [1.29, 1.82) is 0 Å². The van der Waals surface area contributed by atoms with Crippen LogP contribution in [0, 0.1) is 0 Å². The van der Waals surface area contributed by atoms with E-state index in [1.165, 1.54) is 9.87 Å². The number of hydrogen-bond donors (Lipinski definition) is 2. The monoisotopic (exact) mass is 510 g/mol. The van der Waals surface area contributed by atoms with Gasteiger partial charge >= 0.3 is 0 Å². The van der Waals surface area contributed by atoms with Gasteiger partial charge in [0.25, 0.3) is 0 Å². The van der Waals surface area contributed by atoms with Crippen LogP contribution in [0.2, 0.25) is 0 Å². The molecule has 1 aliphatic rings. The lowest BCUT2D eigenvalue weighted by Gasteiger charge is -2.17. The summed E-state index contributed by atoms with van der Waals surface area (Å²) in [7, 11) is -1.50. The summed E-state index contributed by atoms with van der Waals surface area (Å²) in [5.41, 5.74) is 1.23. The minimum Gasteiger partial charge on any atom is -0.488 e. The van der Waals surface area contributed by atoms with Gasteiger partial charge in [0.1, 0.15) is 11.9 Å². The number of guanidine groups is 1. The summed E-state index contributed by atoms with van der Waals surface area (Å²) < 4.78 is 30.8. The van der Waals surface area contributed by atoms with E-state index in [-0.39, 0.29) is 35.8 Å². The first-order valence-corrected chi connectivity index (χ1v) is 10.8. The van der Waals surface area contributed by atoms with Crippen molar-refractivity contribution in [3.05, 3.63) is 29.8 Å². The van der Waals surface area contributed by atoms with Crippen LogP contribution in [0.4, 0.5) is 0 Å². The van der Waals surface area contributed by atoms with E-state index < -0.39 is 10.0 Å². The molecule has 0 spiro atoms. The van der Waals surface area contributed by atoms with Crippen LogP contribution in [-0.2, 0) is 16.4 Å². The Morgan fingerprint density at radius 1 is 1.30 bits per heavy atom. The van der Waals surface area contributed by atoms with Gasteiger partial charge in [-0.05, 0) is 31.9 Å². The number of fused-ring (bicyclic) bond motifs is 1. The van der Waals surface area contributed by atoms with E-state index in [4.69, 9.17) is 4.74 Å². The van der Waals surface area contributed by atoms with E-state index in [0.717, 1.165) is 24.7 Å².